The van der Waals surface area contributed by atoms with Crippen LogP contribution in [-0.2, 0) is 0 Å². The van der Waals surface area contributed by atoms with Crippen LogP contribution in [0.25, 0.3) is 0 Å². The SMILES string of the molecule is CC1CCC(C(C)C(C)CNC2CC2)CC1C. The minimum atomic E-state index is 0.848. The van der Waals surface area contributed by atoms with Crippen molar-refractivity contribution in [3.63, 3.8) is 0 Å². The third-order valence-corrected chi connectivity index (χ3v) is 5.59. The molecule has 2 aliphatic carbocycles. The second-order valence-corrected chi connectivity index (χ2v) is 7.05. The van der Waals surface area contributed by atoms with Crippen LogP contribution in [0.4, 0.5) is 0 Å². The number of hydrogen-bond acceptors (Lipinski definition) is 1. The van der Waals surface area contributed by atoms with Gasteiger partial charge >= 0.3 is 0 Å². The Labute approximate surface area is 108 Å². The first kappa shape index (κ1) is 13.4. The lowest BCUT2D eigenvalue weighted by Crippen LogP contribution is -2.33. The van der Waals surface area contributed by atoms with Crippen molar-refractivity contribution in [1.29, 1.82) is 0 Å². The molecule has 2 rings (SSSR count). The standard InChI is InChI=1S/C16H31N/c1-11-5-6-15(9-12(11)2)14(4)13(3)10-17-16-7-8-16/h11-17H,5-10H2,1-4H3. The summed E-state index contributed by atoms with van der Waals surface area (Å²) in [5.74, 6) is 4.63. The van der Waals surface area contributed by atoms with Gasteiger partial charge in [-0.1, -0.05) is 34.1 Å². The molecule has 0 aromatic heterocycles. The van der Waals surface area contributed by atoms with Crippen LogP contribution < -0.4 is 5.32 Å². The summed E-state index contributed by atoms with van der Waals surface area (Å²) in [4.78, 5) is 0. The van der Waals surface area contributed by atoms with E-state index < -0.39 is 0 Å². The van der Waals surface area contributed by atoms with E-state index in [2.05, 4.69) is 33.0 Å². The van der Waals surface area contributed by atoms with Crippen LogP contribution >= 0.6 is 0 Å². The highest BCUT2D eigenvalue weighted by Gasteiger charge is 2.31. The molecule has 0 spiro atoms. The highest BCUT2D eigenvalue weighted by Crippen LogP contribution is 2.39. The normalized spacial score (nSPS) is 37.8. The van der Waals surface area contributed by atoms with Gasteiger partial charge in [0.2, 0.25) is 0 Å². The average Bonchev–Trinajstić information content (AvgIpc) is 3.12. The van der Waals surface area contributed by atoms with Gasteiger partial charge in [0.05, 0.1) is 0 Å². The molecule has 17 heavy (non-hydrogen) atoms. The third-order valence-electron chi connectivity index (χ3n) is 5.59. The van der Waals surface area contributed by atoms with E-state index in [1.165, 1.54) is 38.6 Å². The molecule has 100 valence electrons. The smallest absolute Gasteiger partial charge is 0.00683 e. The van der Waals surface area contributed by atoms with Gasteiger partial charge in [0.25, 0.3) is 0 Å². The van der Waals surface area contributed by atoms with Gasteiger partial charge in [0.15, 0.2) is 0 Å². The maximum Gasteiger partial charge on any atom is 0.00683 e. The average molecular weight is 237 g/mol. The molecule has 2 fully saturated rings. The van der Waals surface area contributed by atoms with Gasteiger partial charge in [0.1, 0.15) is 0 Å². The van der Waals surface area contributed by atoms with Crippen LogP contribution in [0.1, 0.15) is 59.8 Å². The summed E-state index contributed by atoms with van der Waals surface area (Å²) in [6.07, 6.45) is 7.23. The first-order chi connectivity index (χ1) is 8.08. The Bertz CT molecular complexity index is 234. The highest BCUT2D eigenvalue weighted by molar-refractivity contribution is 4.84. The quantitative estimate of drug-likeness (QED) is 0.759. The molecule has 0 amide bonds. The fraction of sp³-hybridized carbons (Fsp3) is 1.00. The van der Waals surface area contributed by atoms with Crippen molar-refractivity contribution in [1.82, 2.24) is 5.32 Å². The minimum Gasteiger partial charge on any atom is -0.314 e. The lowest BCUT2D eigenvalue weighted by Gasteiger charge is -2.37. The van der Waals surface area contributed by atoms with Crippen LogP contribution in [0.15, 0.2) is 0 Å². The van der Waals surface area contributed by atoms with Gasteiger partial charge in [0, 0.05) is 6.04 Å². The molecular weight excluding hydrogens is 206 g/mol. The first-order valence-corrected chi connectivity index (χ1v) is 7.81. The van der Waals surface area contributed by atoms with Crippen LogP contribution in [0, 0.1) is 29.6 Å². The van der Waals surface area contributed by atoms with Crippen molar-refractivity contribution in [3.05, 3.63) is 0 Å². The van der Waals surface area contributed by atoms with Crippen LogP contribution in [0.3, 0.4) is 0 Å². The molecule has 0 aliphatic heterocycles. The zero-order valence-corrected chi connectivity index (χ0v) is 12.2. The third kappa shape index (κ3) is 3.71. The van der Waals surface area contributed by atoms with E-state index >= 15 is 0 Å². The van der Waals surface area contributed by atoms with E-state index in [-0.39, 0.29) is 0 Å². The Morgan fingerprint density at radius 2 is 1.71 bits per heavy atom. The molecular formula is C16H31N. The van der Waals surface area contributed by atoms with E-state index in [0.29, 0.717) is 0 Å². The van der Waals surface area contributed by atoms with Crippen molar-refractivity contribution in [2.45, 2.75) is 65.8 Å². The van der Waals surface area contributed by atoms with Crippen LogP contribution in [0.2, 0.25) is 0 Å². The van der Waals surface area contributed by atoms with E-state index in [1.54, 1.807) is 0 Å². The Balaban J connectivity index is 1.75. The van der Waals surface area contributed by atoms with Crippen molar-refractivity contribution >= 4 is 0 Å². The van der Waals surface area contributed by atoms with E-state index in [9.17, 15) is 0 Å². The number of rotatable bonds is 5. The monoisotopic (exact) mass is 237 g/mol. The Hall–Kier alpha value is -0.0400. The second-order valence-electron chi connectivity index (χ2n) is 7.05. The molecule has 0 saturated heterocycles. The molecule has 2 saturated carbocycles. The maximum absolute atomic E-state index is 3.70. The Morgan fingerprint density at radius 1 is 1.00 bits per heavy atom. The van der Waals surface area contributed by atoms with Crippen molar-refractivity contribution in [2.75, 3.05) is 6.54 Å². The molecule has 0 heterocycles. The van der Waals surface area contributed by atoms with Gasteiger partial charge in [-0.05, 0) is 61.8 Å². The van der Waals surface area contributed by atoms with Gasteiger partial charge in [-0.3, -0.25) is 0 Å². The van der Waals surface area contributed by atoms with E-state index in [4.69, 9.17) is 0 Å². The summed E-state index contributed by atoms with van der Waals surface area (Å²) in [5.41, 5.74) is 0. The predicted molar refractivity (Wildman–Crippen MR) is 75.0 cm³/mol. The van der Waals surface area contributed by atoms with Crippen molar-refractivity contribution in [2.24, 2.45) is 29.6 Å². The lowest BCUT2D eigenvalue weighted by atomic mass is 9.69. The zero-order chi connectivity index (χ0) is 12.4. The lowest BCUT2D eigenvalue weighted by molar-refractivity contribution is 0.133. The zero-order valence-electron chi connectivity index (χ0n) is 12.2. The maximum atomic E-state index is 3.70. The molecule has 0 aromatic carbocycles. The summed E-state index contributed by atoms with van der Waals surface area (Å²) in [5, 5.41) is 3.70. The van der Waals surface area contributed by atoms with Gasteiger partial charge in [-0.15, -0.1) is 0 Å². The second kappa shape index (κ2) is 5.73. The molecule has 0 radical (unpaired) electrons. The number of hydrogen-bond donors (Lipinski definition) is 1. The topological polar surface area (TPSA) is 12.0 Å². The highest BCUT2D eigenvalue weighted by atomic mass is 14.9. The summed E-state index contributed by atoms with van der Waals surface area (Å²) in [6.45, 7) is 11.1. The van der Waals surface area contributed by atoms with Gasteiger partial charge < -0.3 is 5.32 Å². The molecule has 2 aliphatic rings. The molecule has 1 N–H and O–H groups in total. The Morgan fingerprint density at radius 3 is 2.29 bits per heavy atom. The summed E-state index contributed by atoms with van der Waals surface area (Å²) in [7, 11) is 0. The van der Waals surface area contributed by atoms with Gasteiger partial charge in [-0.2, -0.15) is 0 Å². The fourth-order valence-corrected chi connectivity index (χ4v) is 3.36. The predicted octanol–water partition coefficient (Wildman–Crippen LogP) is 4.08. The van der Waals surface area contributed by atoms with E-state index in [0.717, 1.165) is 35.6 Å². The van der Waals surface area contributed by atoms with E-state index in [1.807, 2.05) is 0 Å². The summed E-state index contributed by atoms with van der Waals surface area (Å²) < 4.78 is 0. The molecule has 5 unspecified atom stereocenters. The summed E-state index contributed by atoms with van der Waals surface area (Å²) in [6, 6.07) is 0.870. The molecule has 1 heteroatoms. The van der Waals surface area contributed by atoms with Gasteiger partial charge in [-0.25, -0.2) is 0 Å². The number of nitrogens with one attached hydrogen (secondary N) is 1. The Kier molecular flexibility index (Phi) is 4.52. The molecule has 0 aromatic rings. The molecule has 5 atom stereocenters. The summed E-state index contributed by atoms with van der Waals surface area (Å²) >= 11 is 0. The first-order valence-electron chi connectivity index (χ1n) is 7.81. The fourth-order valence-electron chi connectivity index (χ4n) is 3.36. The van der Waals surface area contributed by atoms with Crippen LogP contribution in [-0.4, -0.2) is 12.6 Å². The largest absolute Gasteiger partial charge is 0.314 e. The molecule has 1 nitrogen and oxygen atoms in total. The van der Waals surface area contributed by atoms with Crippen molar-refractivity contribution in [3.8, 4) is 0 Å². The van der Waals surface area contributed by atoms with Crippen LogP contribution in [0.5, 0.6) is 0 Å². The molecule has 0 bridgehead atoms. The minimum absolute atomic E-state index is 0.848. The van der Waals surface area contributed by atoms with Crippen molar-refractivity contribution < 1.29 is 0 Å².